The fourth-order valence-corrected chi connectivity index (χ4v) is 4.51. The number of carbonyl (C=O) groups is 1. The molecule has 150 valence electrons. The molecule has 1 amide bonds. The van der Waals surface area contributed by atoms with Crippen molar-refractivity contribution in [1.29, 1.82) is 0 Å². The van der Waals surface area contributed by atoms with Gasteiger partial charge in [-0.25, -0.2) is 4.68 Å². The van der Waals surface area contributed by atoms with Gasteiger partial charge in [0, 0.05) is 17.1 Å². The van der Waals surface area contributed by atoms with Crippen LogP contribution in [0, 0.1) is 0 Å². The Bertz CT molecular complexity index is 1000. The number of nitrogens with one attached hydrogen (secondary N) is 2. The molecule has 2 atom stereocenters. The zero-order valence-corrected chi connectivity index (χ0v) is 17.8. The summed E-state index contributed by atoms with van der Waals surface area (Å²) >= 11 is 7.48. The Labute approximate surface area is 179 Å². The Morgan fingerprint density at radius 2 is 1.83 bits per heavy atom. The molecule has 0 spiro atoms. The maximum absolute atomic E-state index is 13.2. The monoisotopic (exact) mass is 427 g/mol. The van der Waals surface area contributed by atoms with Gasteiger partial charge >= 0.3 is 0 Å². The summed E-state index contributed by atoms with van der Waals surface area (Å²) in [7, 11) is 0. The number of carbonyl (C=O) groups excluding carboxylic acids is 1. The van der Waals surface area contributed by atoms with Gasteiger partial charge in [0.05, 0.1) is 6.04 Å². The lowest BCUT2D eigenvalue weighted by molar-refractivity contribution is -0.116. The number of aryl methyl sites for hydroxylation is 2. The minimum atomic E-state index is -0.413. The zero-order valence-electron chi connectivity index (χ0n) is 16.2. The van der Waals surface area contributed by atoms with Crippen molar-refractivity contribution in [2.24, 2.45) is 0 Å². The third-order valence-electron chi connectivity index (χ3n) is 4.94. The number of thioether (sulfide) groups is 1. The molecule has 0 unspecified atom stereocenters. The van der Waals surface area contributed by atoms with E-state index in [4.69, 9.17) is 11.6 Å². The smallest absolute Gasteiger partial charge is 0.240 e. The second-order valence-corrected chi connectivity index (χ2v) is 8.37. The first-order valence-corrected chi connectivity index (χ1v) is 10.9. The van der Waals surface area contributed by atoms with Crippen molar-refractivity contribution < 1.29 is 4.79 Å². The first-order valence-electron chi connectivity index (χ1n) is 9.61. The summed E-state index contributed by atoms with van der Waals surface area (Å²) in [5.74, 6) is 0.750. The Morgan fingerprint density at radius 1 is 1.10 bits per heavy atom. The van der Waals surface area contributed by atoms with Gasteiger partial charge in [-0.2, -0.15) is 0 Å². The molecule has 2 aromatic carbocycles. The fourth-order valence-electron chi connectivity index (χ4n) is 3.29. The van der Waals surface area contributed by atoms with Crippen LogP contribution >= 0.6 is 23.4 Å². The first kappa shape index (κ1) is 19.8. The molecule has 0 saturated heterocycles. The molecule has 4 rings (SSSR count). The van der Waals surface area contributed by atoms with Crippen LogP contribution in [0.25, 0.3) is 0 Å². The summed E-state index contributed by atoms with van der Waals surface area (Å²) in [6.07, 6.45) is 1.71. The van der Waals surface area contributed by atoms with Gasteiger partial charge in [-0.05, 0) is 41.8 Å². The molecule has 6 nitrogen and oxygen atoms in total. The van der Waals surface area contributed by atoms with E-state index < -0.39 is 5.25 Å². The van der Waals surface area contributed by atoms with Crippen molar-refractivity contribution in [3.8, 4) is 0 Å². The molecule has 0 bridgehead atoms. The van der Waals surface area contributed by atoms with E-state index in [1.165, 1.54) is 17.3 Å². The lowest BCUT2D eigenvalue weighted by Gasteiger charge is -2.33. The molecular formula is C21H22ClN5OS. The van der Waals surface area contributed by atoms with E-state index in [0.717, 1.165) is 29.9 Å². The number of nitrogens with zero attached hydrogens (tertiary/aromatic N) is 3. The largest absolute Gasteiger partial charge is 0.325 e. The molecule has 1 aromatic heterocycles. The quantitative estimate of drug-likeness (QED) is 0.629. The van der Waals surface area contributed by atoms with Crippen LogP contribution in [0.15, 0.2) is 53.7 Å². The molecule has 0 fully saturated rings. The number of benzene rings is 2. The van der Waals surface area contributed by atoms with Gasteiger partial charge in [0.1, 0.15) is 5.25 Å². The second-order valence-electron chi connectivity index (χ2n) is 6.82. The molecule has 1 aliphatic rings. The molecule has 3 aromatic rings. The maximum Gasteiger partial charge on any atom is 0.240 e. The van der Waals surface area contributed by atoms with Gasteiger partial charge in [-0.1, -0.05) is 61.5 Å². The molecule has 2 N–H and O–H groups in total. The molecule has 0 aliphatic carbocycles. The molecule has 1 aliphatic heterocycles. The average molecular weight is 428 g/mol. The predicted octanol–water partition coefficient (Wildman–Crippen LogP) is 4.45. The van der Waals surface area contributed by atoms with E-state index in [2.05, 4.69) is 27.9 Å². The van der Waals surface area contributed by atoms with Crippen LogP contribution in [0.2, 0.25) is 5.02 Å². The van der Waals surface area contributed by atoms with Crippen LogP contribution < -0.4 is 10.7 Å². The Kier molecular flexibility index (Phi) is 5.78. The Hall–Kier alpha value is -2.51. The minimum absolute atomic E-state index is 0.0843. The molecular weight excluding hydrogens is 406 g/mol. The van der Waals surface area contributed by atoms with E-state index in [9.17, 15) is 4.79 Å². The highest BCUT2D eigenvalue weighted by molar-refractivity contribution is 8.00. The van der Waals surface area contributed by atoms with Crippen molar-refractivity contribution >= 4 is 35.0 Å². The van der Waals surface area contributed by atoms with Crippen LogP contribution in [0.3, 0.4) is 0 Å². The SMILES string of the molecule is CCc1ccc(NC(=O)[C@H]2Sc3nnc(CC)n3N[C@@H]2c2ccc(Cl)cc2)cc1. The topological polar surface area (TPSA) is 71.8 Å². The molecule has 8 heteroatoms. The van der Waals surface area contributed by atoms with Gasteiger partial charge in [-0.3, -0.25) is 4.79 Å². The van der Waals surface area contributed by atoms with Crippen molar-refractivity contribution in [2.75, 3.05) is 10.7 Å². The summed E-state index contributed by atoms with van der Waals surface area (Å²) in [4.78, 5) is 13.2. The summed E-state index contributed by atoms with van der Waals surface area (Å²) in [5.41, 5.74) is 6.42. The van der Waals surface area contributed by atoms with Crippen molar-refractivity contribution in [2.45, 2.75) is 43.1 Å². The lowest BCUT2D eigenvalue weighted by atomic mass is 10.0. The van der Waals surface area contributed by atoms with E-state index >= 15 is 0 Å². The van der Waals surface area contributed by atoms with Gasteiger partial charge in [0.15, 0.2) is 5.82 Å². The number of rotatable bonds is 5. The second kappa shape index (κ2) is 8.47. The minimum Gasteiger partial charge on any atom is -0.325 e. The van der Waals surface area contributed by atoms with E-state index in [-0.39, 0.29) is 11.9 Å². The zero-order chi connectivity index (χ0) is 20.4. The number of fused-ring (bicyclic) bond motifs is 1. The third kappa shape index (κ3) is 4.11. The van der Waals surface area contributed by atoms with Crippen LogP contribution in [-0.2, 0) is 17.6 Å². The van der Waals surface area contributed by atoms with Crippen molar-refractivity contribution in [3.05, 3.63) is 70.5 Å². The van der Waals surface area contributed by atoms with Gasteiger partial charge in [-0.15, -0.1) is 10.2 Å². The van der Waals surface area contributed by atoms with Gasteiger partial charge in [0.25, 0.3) is 0 Å². The standard InChI is InChI=1S/C21H22ClN5OS/c1-3-13-5-11-16(12-6-13)23-20(28)19-18(14-7-9-15(22)10-8-14)26-27-17(4-2)24-25-21(27)29-19/h5-12,18-19,26H,3-4H2,1-2H3,(H,23,28)/t18-,19+/m1/s1. The highest BCUT2D eigenvalue weighted by atomic mass is 35.5. The van der Waals surface area contributed by atoms with E-state index in [1.807, 2.05) is 60.1 Å². The first-order chi connectivity index (χ1) is 14.1. The fraction of sp³-hybridized carbons (Fsp3) is 0.286. The summed E-state index contributed by atoms with van der Waals surface area (Å²) in [5, 5.41) is 12.5. The van der Waals surface area contributed by atoms with Crippen LogP contribution in [0.1, 0.15) is 36.8 Å². The number of anilines is 1. The van der Waals surface area contributed by atoms with Gasteiger partial charge in [0.2, 0.25) is 11.1 Å². The summed E-state index contributed by atoms with van der Waals surface area (Å²) in [6.45, 7) is 4.13. The maximum atomic E-state index is 13.2. The summed E-state index contributed by atoms with van der Waals surface area (Å²) in [6, 6.07) is 15.2. The van der Waals surface area contributed by atoms with Crippen LogP contribution in [0.4, 0.5) is 5.69 Å². The number of amides is 1. The molecule has 0 saturated carbocycles. The van der Waals surface area contributed by atoms with Crippen LogP contribution in [0.5, 0.6) is 0 Å². The van der Waals surface area contributed by atoms with E-state index in [1.54, 1.807) is 0 Å². The number of halogens is 1. The Morgan fingerprint density at radius 3 is 2.48 bits per heavy atom. The molecule has 0 radical (unpaired) electrons. The summed E-state index contributed by atoms with van der Waals surface area (Å²) < 4.78 is 1.88. The van der Waals surface area contributed by atoms with Crippen molar-refractivity contribution in [1.82, 2.24) is 14.9 Å². The number of hydrogen-bond acceptors (Lipinski definition) is 5. The number of aromatic nitrogens is 3. The third-order valence-corrected chi connectivity index (χ3v) is 6.40. The highest BCUT2D eigenvalue weighted by Gasteiger charge is 2.37. The molecule has 29 heavy (non-hydrogen) atoms. The Balaban J connectivity index is 1.63. The molecule has 2 heterocycles. The van der Waals surface area contributed by atoms with Gasteiger partial charge < -0.3 is 10.7 Å². The van der Waals surface area contributed by atoms with E-state index in [0.29, 0.717) is 10.2 Å². The normalized spacial score (nSPS) is 18.0. The highest BCUT2D eigenvalue weighted by Crippen LogP contribution is 2.37. The average Bonchev–Trinajstić information content (AvgIpc) is 3.16. The number of hydrogen-bond donors (Lipinski definition) is 2. The van der Waals surface area contributed by atoms with Crippen LogP contribution in [-0.4, -0.2) is 26.0 Å². The lowest BCUT2D eigenvalue weighted by Crippen LogP contribution is -2.41. The van der Waals surface area contributed by atoms with Crippen molar-refractivity contribution in [3.63, 3.8) is 0 Å². The predicted molar refractivity (Wildman–Crippen MR) is 117 cm³/mol.